The second-order valence-corrected chi connectivity index (χ2v) is 4.73. The number of thioether (sulfide) groups is 1. The maximum Gasteiger partial charge on any atom is 0.317 e. The van der Waals surface area contributed by atoms with Crippen LogP contribution in [0.3, 0.4) is 0 Å². The molecule has 0 aromatic rings. The minimum absolute atomic E-state index is 0.0718. The van der Waals surface area contributed by atoms with Crippen molar-refractivity contribution in [1.82, 2.24) is 0 Å². The summed E-state index contributed by atoms with van der Waals surface area (Å²) >= 11 is 1.85. The molecule has 2 saturated heterocycles. The van der Waals surface area contributed by atoms with E-state index in [-0.39, 0.29) is 23.8 Å². The molecule has 1 aliphatic carbocycles. The molecular formula is C8H8O3S. The lowest BCUT2D eigenvalue weighted by Crippen LogP contribution is -2.47. The summed E-state index contributed by atoms with van der Waals surface area (Å²) in [6.45, 7) is 0. The van der Waals surface area contributed by atoms with Crippen molar-refractivity contribution in [3.63, 3.8) is 0 Å². The van der Waals surface area contributed by atoms with E-state index in [1.807, 2.05) is 11.8 Å². The molecule has 2 heterocycles. The third kappa shape index (κ3) is 0.610. The van der Waals surface area contributed by atoms with Crippen LogP contribution in [0.15, 0.2) is 0 Å². The number of fused-ring (bicyclic) bond motifs is 4. The van der Waals surface area contributed by atoms with E-state index in [1.165, 1.54) is 0 Å². The fourth-order valence-corrected chi connectivity index (χ4v) is 4.18. The van der Waals surface area contributed by atoms with Gasteiger partial charge in [0.1, 0.15) is 0 Å². The number of esters is 2. The molecule has 0 aromatic heterocycles. The Balaban J connectivity index is 1.95. The minimum atomic E-state index is -0.270. The summed E-state index contributed by atoms with van der Waals surface area (Å²) in [6, 6.07) is 0. The second-order valence-electron chi connectivity index (χ2n) is 3.66. The van der Waals surface area contributed by atoms with E-state index in [0.717, 1.165) is 11.5 Å². The highest BCUT2D eigenvalue weighted by molar-refractivity contribution is 7.99. The average molecular weight is 184 g/mol. The van der Waals surface area contributed by atoms with Crippen molar-refractivity contribution in [2.75, 3.05) is 11.5 Å². The van der Waals surface area contributed by atoms with Crippen LogP contribution >= 0.6 is 11.8 Å². The summed E-state index contributed by atoms with van der Waals surface area (Å²) < 4.78 is 4.60. The van der Waals surface area contributed by atoms with Crippen LogP contribution in [0.1, 0.15) is 0 Å². The van der Waals surface area contributed by atoms with E-state index in [2.05, 4.69) is 4.74 Å². The molecule has 0 aromatic carbocycles. The van der Waals surface area contributed by atoms with Crippen LogP contribution in [0, 0.1) is 23.7 Å². The first-order valence-electron chi connectivity index (χ1n) is 4.12. The summed E-state index contributed by atoms with van der Waals surface area (Å²) in [7, 11) is 0. The molecule has 0 radical (unpaired) electrons. The van der Waals surface area contributed by atoms with Gasteiger partial charge in [-0.2, -0.15) is 11.8 Å². The third-order valence-electron chi connectivity index (χ3n) is 3.23. The van der Waals surface area contributed by atoms with Crippen LogP contribution in [-0.4, -0.2) is 23.4 Å². The molecule has 12 heavy (non-hydrogen) atoms. The molecule has 0 amide bonds. The highest BCUT2D eigenvalue weighted by Gasteiger charge is 2.64. The van der Waals surface area contributed by atoms with Gasteiger partial charge in [-0.1, -0.05) is 0 Å². The number of hydrogen-bond donors (Lipinski definition) is 0. The van der Waals surface area contributed by atoms with E-state index in [4.69, 9.17) is 0 Å². The van der Waals surface area contributed by atoms with Crippen molar-refractivity contribution in [2.24, 2.45) is 23.7 Å². The summed E-state index contributed by atoms with van der Waals surface area (Å²) in [6.07, 6.45) is 0. The highest BCUT2D eigenvalue weighted by atomic mass is 32.2. The smallest absolute Gasteiger partial charge is 0.317 e. The van der Waals surface area contributed by atoms with Gasteiger partial charge in [0.25, 0.3) is 0 Å². The number of carbonyl (C=O) groups is 2. The van der Waals surface area contributed by atoms with Gasteiger partial charge in [0.15, 0.2) is 0 Å². The van der Waals surface area contributed by atoms with Crippen LogP contribution in [0.5, 0.6) is 0 Å². The van der Waals surface area contributed by atoms with Crippen molar-refractivity contribution in [3.05, 3.63) is 0 Å². The molecule has 2 aliphatic heterocycles. The van der Waals surface area contributed by atoms with Crippen molar-refractivity contribution in [3.8, 4) is 0 Å². The molecule has 0 spiro atoms. The van der Waals surface area contributed by atoms with E-state index in [0.29, 0.717) is 11.8 Å². The monoisotopic (exact) mass is 184 g/mol. The molecule has 3 nitrogen and oxygen atoms in total. The molecule has 4 heteroatoms. The van der Waals surface area contributed by atoms with Crippen molar-refractivity contribution in [2.45, 2.75) is 0 Å². The van der Waals surface area contributed by atoms with Gasteiger partial charge in [-0.3, -0.25) is 9.59 Å². The number of rotatable bonds is 0. The molecule has 4 unspecified atom stereocenters. The molecule has 0 N–H and O–H groups in total. The molecule has 3 rings (SSSR count). The fraction of sp³-hybridized carbons (Fsp3) is 0.750. The zero-order valence-electron chi connectivity index (χ0n) is 6.36. The first-order chi connectivity index (χ1) is 5.79. The highest BCUT2D eigenvalue weighted by Crippen LogP contribution is 2.56. The lowest BCUT2D eigenvalue weighted by molar-refractivity contribution is -0.153. The van der Waals surface area contributed by atoms with Gasteiger partial charge >= 0.3 is 11.9 Å². The van der Waals surface area contributed by atoms with E-state index < -0.39 is 0 Å². The van der Waals surface area contributed by atoms with E-state index in [1.54, 1.807) is 0 Å². The number of hydrogen-bond acceptors (Lipinski definition) is 4. The van der Waals surface area contributed by atoms with Crippen LogP contribution < -0.4 is 0 Å². The van der Waals surface area contributed by atoms with Gasteiger partial charge in [-0.15, -0.1) is 0 Å². The van der Waals surface area contributed by atoms with Crippen LogP contribution in [0.25, 0.3) is 0 Å². The molecule has 4 atom stereocenters. The first-order valence-corrected chi connectivity index (χ1v) is 5.28. The largest absolute Gasteiger partial charge is 0.393 e. The molecule has 3 fully saturated rings. The number of cyclic esters (lactones) is 2. The Hall–Kier alpha value is -0.510. The molecular weight excluding hydrogens is 176 g/mol. The maximum atomic E-state index is 11.1. The normalized spacial score (nSPS) is 49.7. The first kappa shape index (κ1) is 6.95. The zero-order valence-corrected chi connectivity index (χ0v) is 7.17. The van der Waals surface area contributed by atoms with Gasteiger partial charge in [0.2, 0.25) is 0 Å². The molecule has 64 valence electrons. The summed E-state index contributed by atoms with van der Waals surface area (Å²) in [5, 5.41) is 0. The Morgan fingerprint density at radius 2 is 1.58 bits per heavy atom. The zero-order chi connectivity index (χ0) is 8.29. The lowest BCUT2D eigenvalue weighted by atomic mass is 9.59. The third-order valence-corrected chi connectivity index (χ3v) is 4.47. The SMILES string of the molecule is O=C1OC(=O)C2C3CSCC3C12. The van der Waals surface area contributed by atoms with Gasteiger partial charge in [0, 0.05) is 0 Å². The standard InChI is InChI=1S/C8H8O3S/c9-7-5-3-1-12-2-4(3)6(5)8(10)11-7/h3-6H,1-2H2. The summed E-state index contributed by atoms with van der Waals surface area (Å²) in [5.74, 6) is 2.28. The number of carbonyl (C=O) groups excluding carboxylic acids is 2. The van der Waals surface area contributed by atoms with E-state index >= 15 is 0 Å². The Morgan fingerprint density at radius 3 is 2.08 bits per heavy atom. The van der Waals surface area contributed by atoms with Crippen LogP contribution in [0.4, 0.5) is 0 Å². The van der Waals surface area contributed by atoms with Crippen molar-refractivity contribution in [1.29, 1.82) is 0 Å². The molecule has 0 bridgehead atoms. The summed E-state index contributed by atoms with van der Waals surface area (Å²) in [5.41, 5.74) is 0. The Morgan fingerprint density at radius 1 is 1.08 bits per heavy atom. The lowest BCUT2D eigenvalue weighted by Gasteiger charge is -2.38. The average Bonchev–Trinajstić information content (AvgIpc) is 2.41. The Labute approximate surface area is 73.8 Å². The Kier molecular flexibility index (Phi) is 1.18. The fourth-order valence-electron chi connectivity index (χ4n) is 2.59. The summed E-state index contributed by atoms with van der Waals surface area (Å²) in [4.78, 5) is 22.3. The van der Waals surface area contributed by atoms with Gasteiger partial charge in [-0.25, -0.2) is 0 Å². The van der Waals surface area contributed by atoms with Crippen molar-refractivity contribution < 1.29 is 14.3 Å². The predicted molar refractivity (Wildman–Crippen MR) is 42.4 cm³/mol. The van der Waals surface area contributed by atoms with Crippen LogP contribution in [-0.2, 0) is 14.3 Å². The van der Waals surface area contributed by atoms with Crippen molar-refractivity contribution >= 4 is 23.7 Å². The molecule has 3 aliphatic rings. The van der Waals surface area contributed by atoms with Gasteiger partial charge < -0.3 is 4.74 Å². The molecule has 1 saturated carbocycles. The second kappa shape index (κ2) is 2.05. The maximum absolute atomic E-state index is 11.1. The topological polar surface area (TPSA) is 43.4 Å². The number of ether oxygens (including phenoxy) is 1. The minimum Gasteiger partial charge on any atom is -0.393 e. The van der Waals surface area contributed by atoms with E-state index in [9.17, 15) is 9.59 Å². The van der Waals surface area contributed by atoms with Gasteiger partial charge in [0.05, 0.1) is 11.8 Å². The Bertz CT molecular complexity index is 249. The van der Waals surface area contributed by atoms with Gasteiger partial charge in [-0.05, 0) is 23.3 Å². The van der Waals surface area contributed by atoms with Crippen LogP contribution in [0.2, 0.25) is 0 Å². The quantitative estimate of drug-likeness (QED) is 0.401. The predicted octanol–water partition coefficient (Wildman–Crippen LogP) is 0.295.